The molecule has 360 valence electrons. The largest absolute Gasteiger partial charge is 0.492 e. The molecule has 17 heteroatoms. The van der Waals surface area contributed by atoms with E-state index < -0.39 is 60.4 Å². The third-order valence-electron chi connectivity index (χ3n) is 13.3. The first-order valence-electron chi connectivity index (χ1n) is 23.5. The van der Waals surface area contributed by atoms with E-state index in [1.807, 2.05) is 61.7 Å². The second-order valence-electron chi connectivity index (χ2n) is 19.6. The zero-order chi connectivity index (χ0) is 46.5. The minimum atomic E-state index is -1.66. The number of aliphatic hydroxyl groups is 5. The summed E-state index contributed by atoms with van der Waals surface area (Å²) in [5.74, 6) is 1.89. The van der Waals surface area contributed by atoms with Crippen LogP contribution in [0.4, 0.5) is 9.59 Å². The van der Waals surface area contributed by atoms with E-state index in [9.17, 15) is 40.1 Å². The van der Waals surface area contributed by atoms with E-state index in [-0.39, 0.29) is 43.5 Å². The maximum Gasteiger partial charge on any atom is 0.411 e. The molecule has 4 aliphatic carbocycles. The van der Waals surface area contributed by atoms with Crippen molar-refractivity contribution in [1.82, 2.24) is 20.0 Å². The average molecular weight is 918 g/mol. The summed E-state index contributed by atoms with van der Waals surface area (Å²) in [7, 11) is 0. The van der Waals surface area contributed by atoms with Gasteiger partial charge in [0.15, 0.2) is 0 Å². The SMILES string of the molecule is CCCCCCN(CCc1ccc(OCCNC(=O)OCCSC23CC4CC(C2)CC(N(CC(=O)N2CCC[C@H]2C#N)C(=O)OC(C)(C)C)(C4)C3)cc1)C[C@H](O)[C@@H](O)[C@H](O)[C@H](O)CO. The molecule has 1 heterocycles. The fraction of sp³-hybridized carbons (Fsp3) is 0.787. The van der Waals surface area contributed by atoms with Gasteiger partial charge in [0, 0.05) is 35.7 Å². The second-order valence-corrected chi connectivity index (χ2v) is 21.2. The zero-order valence-electron chi connectivity index (χ0n) is 38.5. The Bertz CT molecular complexity index is 1680. The minimum Gasteiger partial charge on any atom is -0.492 e. The first-order valence-corrected chi connectivity index (χ1v) is 24.5. The Kier molecular flexibility index (Phi) is 19.3. The van der Waals surface area contributed by atoms with Crippen LogP contribution >= 0.6 is 11.8 Å². The summed E-state index contributed by atoms with van der Waals surface area (Å²) in [5, 5.41) is 62.3. The van der Waals surface area contributed by atoms with Crippen molar-refractivity contribution in [2.75, 3.05) is 64.8 Å². The molecule has 6 rings (SSSR count). The smallest absolute Gasteiger partial charge is 0.411 e. The first kappa shape index (κ1) is 51.6. The molecule has 1 aromatic rings. The Morgan fingerprint density at radius 3 is 2.34 bits per heavy atom. The molecule has 0 spiro atoms. The van der Waals surface area contributed by atoms with Crippen LogP contribution in [-0.2, 0) is 20.7 Å². The molecule has 0 radical (unpaired) electrons. The molecular formula is C47H75N5O11S. The molecule has 4 saturated carbocycles. The van der Waals surface area contributed by atoms with Crippen LogP contribution < -0.4 is 10.1 Å². The monoisotopic (exact) mass is 918 g/mol. The van der Waals surface area contributed by atoms with Crippen molar-refractivity contribution >= 4 is 29.9 Å². The van der Waals surface area contributed by atoms with Gasteiger partial charge in [0.1, 0.15) is 55.5 Å². The van der Waals surface area contributed by atoms with Crippen LogP contribution in [0, 0.1) is 23.2 Å². The number of hydrogen-bond acceptors (Lipinski definition) is 14. The molecule has 1 aromatic carbocycles. The fourth-order valence-electron chi connectivity index (χ4n) is 10.6. The van der Waals surface area contributed by atoms with Crippen LogP contribution in [0.1, 0.15) is 110 Å². The third-order valence-corrected chi connectivity index (χ3v) is 14.7. The van der Waals surface area contributed by atoms with Gasteiger partial charge in [0.2, 0.25) is 5.91 Å². The van der Waals surface area contributed by atoms with Gasteiger partial charge in [-0.3, -0.25) is 9.69 Å². The summed E-state index contributed by atoms with van der Waals surface area (Å²) in [4.78, 5) is 45.7. The molecule has 6 N–H and O–H groups in total. The van der Waals surface area contributed by atoms with Crippen molar-refractivity contribution < 1.29 is 54.1 Å². The van der Waals surface area contributed by atoms with E-state index in [4.69, 9.17) is 19.3 Å². The van der Waals surface area contributed by atoms with Gasteiger partial charge in [-0.25, -0.2) is 9.59 Å². The molecule has 5 fully saturated rings. The summed E-state index contributed by atoms with van der Waals surface area (Å²) >= 11 is 1.81. The summed E-state index contributed by atoms with van der Waals surface area (Å²) in [6.07, 6.45) is 4.68. The maximum atomic E-state index is 13.9. The van der Waals surface area contributed by atoms with Crippen molar-refractivity contribution in [3.63, 3.8) is 0 Å². The predicted octanol–water partition coefficient (Wildman–Crippen LogP) is 4.23. The van der Waals surface area contributed by atoms with Crippen LogP contribution in [0.2, 0.25) is 0 Å². The number of nitriles is 1. The molecule has 1 aliphatic heterocycles. The van der Waals surface area contributed by atoms with Gasteiger partial charge in [-0.2, -0.15) is 17.0 Å². The van der Waals surface area contributed by atoms with Crippen LogP contribution in [0.5, 0.6) is 5.75 Å². The molecule has 7 atom stereocenters. The van der Waals surface area contributed by atoms with Gasteiger partial charge in [-0.15, -0.1) is 0 Å². The second kappa shape index (κ2) is 23.9. The van der Waals surface area contributed by atoms with Crippen molar-refractivity contribution in [3.05, 3.63) is 29.8 Å². The minimum absolute atomic E-state index is 0.0982. The Labute approximate surface area is 384 Å². The van der Waals surface area contributed by atoms with Gasteiger partial charge in [0.05, 0.1) is 25.3 Å². The number of alkyl carbamates (subject to hydrolysis) is 1. The number of rotatable bonds is 25. The number of benzene rings is 1. The number of thioether (sulfide) groups is 1. The number of nitrogens with one attached hydrogen (secondary N) is 1. The highest BCUT2D eigenvalue weighted by Gasteiger charge is 2.61. The molecule has 16 nitrogen and oxygen atoms in total. The number of nitrogens with zero attached hydrogens (tertiary/aromatic N) is 4. The summed E-state index contributed by atoms with van der Waals surface area (Å²) in [5.41, 5.74) is -0.199. The standard InChI is InChI=1S/C47H75N5O11S/c1-5-6-7-8-17-50(29-38(54)41(57)42(58)39(55)31-53)19-15-33-11-13-37(14-12-33)61-20-16-49-43(59)62-21-22-64-47-26-34-23-35(27-47)25-46(24-34,32-47)52(44(60)63-45(2,3)4)30-40(56)51-18-9-10-36(51)28-48/h11-14,34-36,38-39,41-42,53-55,57-58H,5-10,15-27,29-32H2,1-4H3,(H,49,59)/t34?,35?,36-,38-,39+,41+,42+,46?,47?/m0/s1. The lowest BCUT2D eigenvalue weighted by Crippen LogP contribution is -2.67. The number of amides is 3. The quantitative estimate of drug-likeness (QED) is 0.0756. The summed E-state index contributed by atoms with van der Waals surface area (Å²) in [6, 6.07) is 9.42. The van der Waals surface area contributed by atoms with E-state index in [2.05, 4.69) is 18.3 Å². The van der Waals surface area contributed by atoms with Crippen LogP contribution in [0.15, 0.2) is 24.3 Å². The molecule has 2 unspecified atom stereocenters. The number of hydrogen-bond donors (Lipinski definition) is 6. The van der Waals surface area contributed by atoms with Crippen molar-refractivity contribution in [2.45, 2.75) is 158 Å². The lowest BCUT2D eigenvalue weighted by Gasteiger charge is -2.64. The van der Waals surface area contributed by atoms with Crippen LogP contribution in [0.3, 0.4) is 0 Å². The number of carbonyl (C=O) groups is 3. The highest BCUT2D eigenvalue weighted by molar-refractivity contribution is 8.00. The van der Waals surface area contributed by atoms with E-state index >= 15 is 0 Å². The van der Waals surface area contributed by atoms with Crippen molar-refractivity contribution in [3.8, 4) is 11.8 Å². The highest BCUT2D eigenvalue weighted by Crippen LogP contribution is 2.64. The summed E-state index contributed by atoms with van der Waals surface area (Å²) < 4.78 is 17.3. The Morgan fingerprint density at radius 2 is 1.69 bits per heavy atom. The van der Waals surface area contributed by atoms with E-state index in [1.165, 1.54) is 0 Å². The van der Waals surface area contributed by atoms with Crippen molar-refractivity contribution in [2.24, 2.45) is 11.8 Å². The number of carbonyl (C=O) groups excluding carboxylic acids is 3. The van der Waals surface area contributed by atoms with Crippen LogP contribution in [0.25, 0.3) is 0 Å². The first-order chi connectivity index (χ1) is 30.5. The number of ether oxygens (including phenoxy) is 3. The Balaban J connectivity index is 1.05. The van der Waals surface area contributed by atoms with Gasteiger partial charge in [0.25, 0.3) is 0 Å². The van der Waals surface area contributed by atoms with E-state index in [0.29, 0.717) is 55.8 Å². The predicted molar refractivity (Wildman–Crippen MR) is 243 cm³/mol. The van der Waals surface area contributed by atoms with Crippen molar-refractivity contribution in [1.29, 1.82) is 5.26 Å². The molecule has 1 saturated heterocycles. The number of likely N-dealkylation sites (tertiary alicyclic amines) is 1. The number of aliphatic hydroxyl groups excluding tert-OH is 5. The van der Waals surface area contributed by atoms with Gasteiger partial charge < -0.3 is 54.9 Å². The lowest BCUT2D eigenvalue weighted by molar-refractivity contribution is -0.138. The number of unbranched alkanes of at least 4 members (excludes halogenated alkanes) is 3. The maximum absolute atomic E-state index is 13.9. The topological polar surface area (TPSA) is 226 Å². The van der Waals surface area contributed by atoms with Gasteiger partial charge in [-0.1, -0.05) is 38.3 Å². The Morgan fingerprint density at radius 1 is 0.984 bits per heavy atom. The Hall–Kier alpha value is -3.37. The molecule has 5 aliphatic rings. The highest BCUT2D eigenvalue weighted by atomic mass is 32.2. The van der Waals surface area contributed by atoms with Gasteiger partial charge >= 0.3 is 12.2 Å². The summed E-state index contributed by atoms with van der Waals surface area (Å²) in [6.45, 7) is 9.46. The molecule has 4 bridgehead atoms. The third kappa shape index (κ3) is 14.6. The van der Waals surface area contributed by atoms with Crippen LogP contribution in [-0.4, -0.2) is 170 Å². The fourth-order valence-corrected chi connectivity index (χ4v) is 12.3. The van der Waals surface area contributed by atoms with E-state index in [0.717, 1.165) is 76.2 Å². The zero-order valence-corrected chi connectivity index (χ0v) is 39.3. The average Bonchev–Trinajstić information content (AvgIpc) is 3.74. The van der Waals surface area contributed by atoms with E-state index in [1.54, 1.807) is 9.80 Å². The molecule has 0 aromatic heterocycles. The normalized spacial score (nSPS) is 25.6. The van der Waals surface area contributed by atoms with Gasteiger partial charge in [-0.05, 0) is 121 Å². The molecule has 3 amide bonds. The molecular weight excluding hydrogens is 843 g/mol. The molecule has 64 heavy (non-hydrogen) atoms. The lowest BCUT2D eigenvalue weighted by atomic mass is 9.52.